The quantitative estimate of drug-likeness (QED) is 0.791. The second-order valence-electron chi connectivity index (χ2n) is 4.38. The van der Waals surface area contributed by atoms with Crippen LogP contribution in [0.25, 0.3) is 0 Å². The van der Waals surface area contributed by atoms with Gasteiger partial charge in [0.2, 0.25) is 5.89 Å². The summed E-state index contributed by atoms with van der Waals surface area (Å²) < 4.78 is 7.91. The third kappa shape index (κ3) is 3.05. The van der Waals surface area contributed by atoms with E-state index in [0.717, 1.165) is 10.0 Å². The molecule has 7 heteroatoms. The molecule has 3 aromatic rings. The Kier molecular flexibility index (Phi) is 3.51. The Bertz CT molecular complexity index is 704. The summed E-state index contributed by atoms with van der Waals surface area (Å²) in [5, 5.41) is 8.04. The fourth-order valence-corrected chi connectivity index (χ4v) is 2.08. The van der Waals surface area contributed by atoms with Gasteiger partial charge in [0.05, 0.1) is 11.9 Å². The average molecular weight is 334 g/mol. The number of anilines is 1. The van der Waals surface area contributed by atoms with Crippen molar-refractivity contribution in [2.24, 2.45) is 0 Å². The Morgan fingerprint density at radius 2 is 2.05 bits per heavy atom. The van der Waals surface area contributed by atoms with Crippen molar-refractivity contribution in [1.82, 2.24) is 19.9 Å². The molecule has 20 heavy (non-hydrogen) atoms. The van der Waals surface area contributed by atoms with E-state index in [0.29, 0.717) is 30.4 Å². The summed E-state index contributed by atoms with van der Waals surface area (Å²) in [5.74, 6) is 1.17. The Hall–Kier alpha value is -2.15. The molecule has 0 radical (unpaired) electrons. The SMILES string of the molecule is Nc1cnn(Cc2nc(Cc3ccc(Br)cc3)no2)c1. The van der Waals surface area contributed by atoms with Gasteiger partial charge in [-0.1, -0.05) is 33.2 Å². The first-order chi connectivity index (χ1) is 9.69. The summed E-state index contributed by atoms with van der Waals surface area (Å²) in [6.07, 6.45) is 3.94. The van der Waals surface area contributed by atoms with Crippen LogP contribution in [-0.4, -0.2) is 19.9 Å². The van der Waals surface area contributed by atoms with Crippen molar-refractivity contribution in [1.29, 1.82) is 0 Å². The highest BCUT2D eigenvalue weighted by Crippen LogP contribution is 2.13. The van der Waals surface area contributed by atoms with E-state index in [-0.39, 0.29) is 0 Å². The van der Waals surface area contributed by atoms with E-state index in [9.17, 15) is 0 Å². The highest BCUT2D eigenvalue weighted by molar-refractivity contribution is 9.10. The van der Waals surface area contributed by atoms with Crippen LogP contribution in [0.5, 0.6) is 0 Å². The second-order valence-corrected chi connectivity index (χ2v) is 5.29. The number of nitrogens with two attached hydrogens (primary N) is 1. The third-order valence-corrected chi connectivity index (χ3v) is 3.26. The maximum absolute atomic E-state index is 5.60. The molecule has 0 aliphatic rings. The Labute approximate surface area is 123 Å². The van der Waals surface area contributed by atoms with Crippen LogP contribution in [0.4, 0.5) is 5.69 Å². The van der Waals surface area contributed by atoms with E-state index < -0.39 is 0 Å². The number of aromatic nitrogens is 4. The van der Waals surface area contributed by atoms with Crippen LogP contribution in [0.3, 0.4) is 0 Å². The Morgan fingerprint density at radius 3 is 2.75 bits per heavy atom. The second kappa shape index (κ2) is 5.46. The topological polar surface area (TPSA) is 82.8 Å². The summed E-state index contributed by atoms with van der Waals surface area (Å²) in [7, 11) is 0. The first-order valence-corrected chi connectivity index (χ1v) is 6.82. The molecule has 0 saturated heterocycles. The molecule has 0 unspecified atom stereocenters. The molecule has 0 fully saturated rings. The van der Waals surface area contributed by atoms with Crippen LogP contribution in [0.15, 0.2) is 45.7 Å². The highest BCUT2D eigenvalue weighted by atomic mass is 79.9. The summed E-state index contributed by atoms with van der Waals surface area (Å²) in [4.78, 5) is 4.34. The zero-order valence-corrected chi connectivity index (χ0v) is 12.1. The molecule has 0 bridgehead atoms. The van der Waals surface area contributed by atoms with Crippen molar-refractivity contribution >= 4 is 21.6 Å². The van der Waals surface area contributed by atoms with E-state index in [1.54, 1.807) is 17.1 Å². The van der Waals surface area contributed by atoms with Gasteiger partial charge in [-0.05, 0) is 17.7 Å². The van der Waals surface area contributed by atoms with Crippen molar-refractivity contribution in [3.05, 3.63) is 58.4 Å². The number of halogens is 1. The maximum atomic E-state index is 5.60. The minimum atomic E-state index is 0.421. The molecule has 0 atom stereocenters. The van der Waals surface area contributed by atoms with Crippen LogP contribution in [0.1, 0.15) is 17.3 Å². The maximum Gasteiger partial charge on any atom is 0.248 e. The van der Waals surface area contributed by atoms with Gasteiger partial charge in [0.25, 0.3) is 0 Å². The van der Waals surface area contributed by atoms with Gasteiger partial charge in [0.1, 0.15) is 6.54 Å². The molecule has 102 valence electrons. The zero-order chi connectivity index (χ0) is 13.9. The van der Waals surface area contributed by atoms with Crippen molar-refractivity contribution in [2.45, 2.75) is 13.0 Å². The molecule has 2 heterocycles. The number of benzene rings is 1. The number of rotatable bonds is 4. The predicted octanol–water partition coefficient (Wildman–Crippen LogP) is 2.25. The molecular formula is C13H12BrN5O. The number of nitrogen functional groups attached to an aromatic ring is 1. The molecule has 0 aliphatic carbocycles. The fraction of sp³-hybridized carbons (Fsp3) is 0.154. The smallest absolute Gasteiger partial charge is 0.248 e. The molecule has 0 aliphatic heterocycles. The lowest BCUT2D eigenvalue weighted by molar-refractivity contribution is 0.362. The molecule has 0 saturated carbocycles. The number of nitrogens with zero attached hydrogens (tertiary/aromatic N) is 4. The van der Waals surface area contributed by atoms with E-state index in [4.69, 9.17) is 10.3 Å². The lowest BCUT2D eigenvalue weighted by Crippen LogP contribution is -2.00. The van der Waals surface area contributed by atoms with Gasteiger partial charge in [-0.2, -0.15) is 10.1 Å². The van der Waals surface area contributed by atoms with E-state index in [2.05, 4.69) is 31.2 Å². The van der Waals surface area contributed by atoms with Crippen LogP contribution in [0, 0.1) is 0 Å². The van der Waals surface area contributed by atoms with E-state index >= 15 is 0 Å². The largest absolute Gasteiger partial charge is 0.396 e. The lowest BCUT2D eigenvalue weighted by Gasteiger charge is -1.96. The van der Waals surface area contributed by atoms with Gasteiger partial charge in [0.15, 0.2) is 5.82 Å². The molecule has 6 nitrogen and oxygen atoms in total. The van der Waals surface area contributed by atoms with Gasteiger partial charge >= 0.3 is 0 Å². The molecule has 3 rings (SSSR count). The van der Waals surface area contributed by atoms with Crippen molar-refractivity contribution < 1.29 is 4.52 Å². The lowest BCUT2D eigenvalue weighted by atomic mass is 10.1. The summed E-state index contributed by atoms with van der Waals surface area (Å²) in [6.45, 7) is 0.421. The Balaban J connectivity index is 1.68. The minimum absolute atomic E-state index is 0.421. The summed E-state index contributed by atoms with van der Waals surface area (Å²) in [6, 6.07) is 8.02. The number of hydrogen-bond donors (Lipinski definition) is 1. The van der Waals surface area contributed by atoms with Crippen molar-refractivity contribution in [2.75, 3.05) is 5.73 Å². The van der Waals surface area contributed by atoms with E-state index in [1.165, 1.54) is 0 Å². The zero-order valence-electron chi connectivity index (χ0n) is 10.5. The summed E-state index contributed by atoms with van der Waals surface area (Å²) in [5.41, 5.74) is 7.34. The Morgan fingerprint density at radius 1 is 1.25 bits per heavy atom. The fourth-order valence-electron chi connectivity index (χ4n) is 1.82. The molecular weight excluding hydrogens is 322 g/mol. The monoisotopic (exact) mass is 333 g/mol. The van der Waals surface area contributed by atoms with Gasteiger partial charge < -0.3 is 10.3 Å². The van der Waals surface area contributed by atoms with Gasteiger partial charge in [-0.15, -0.1) is 0 Å². The van der Waals surface area contributed by atoms with Crippen LogP contribution < -0.4 is 5.73 Å². The predicted molar refractivity (Wildman–Crippen MR) is 77.0 cm³/mol. The average Bonchev–Trinajstić information content (AvgIpc) is 3.02. The standard InChI is InChI=1S/C13H12BrN5O/c14-10-3-1-9(2-4-10)5-12-17-13(20-18-12)8-19-7-11(15)6-16-19/h1-4,6-7H,5,8,15H2. The van der Waals surface area contributed by atoms with Crippen LogP contribution in [-0.2, 0) is 13.0 Å². The molecule has 2 aromatic heterocycles. The van der Waals surface area contributed by atoms with E-state index in [1.807, 2.05) is 24.3 Å². The first-order valence-electron chi connectivity index (χ1n) is 6.03. The van der Waals surface area contributed by atoms with Crippen molar-refractivity contribution in [3.63, 3.8) is 0 Å². The molecule has 0 amide bonds. The third-order valence-electron chi connectivity index (χ3n) is 2.74. The highest BCUT2D eigenvalue weighted by Gasteiger charge is 2.08. The number of hydrogen-bond acceptors (Lipinski definition) is 5. The molecule has 2 N–H and O–H groups in total. The van der Waals surface area contributed by atoms with Crippen molar-refractivity contribution in [3.8, 4) is 0 Å². The van der Waals surface area contributed by atoms with Crippen LogP contribution >= 0.6 is 15.9 Å². The molecule has 0 spiro atoms. The minimum Gasteiger partial charge on any atom is -0.396 e. The summed E-state index contributed by atoms with van der Waals surface area (Å²) >= 11 is 3.40. The van der Waals surface area contributed by atoms with Gasteiger partial charge in [0, 0.05) is 17.1 Å². The molecule has 1 aromatic carbocycles. The normalized spacial score (nSPS) is 10.8. The van der Waals surface area contributed by atoms with Gasteiger partial charge in [-0.25, -0.2) is 0 Å². The van der Waals surface area contributed by atoms with Gasteiger partial charge in [-0.3, -0.25) is 4.68 Å². The first kappa shape index (κ1) is 12.9. The van der Waals surface area contributed by atoms with Crippen LogP contribution in [0.2, 0.25) is 0 Å².